The Labute approximate surface area is 237 Å². The fourth-order valence-corrected chi connectivity index (χ4v) is 6.33. The van der Waals surface area contributed by atoms with E-state index in [0.29, 0.717) is 26.9 Å². The first-order chi connectivity index (χ1) is 19.3. The number of hydrogen-bond donors (Lipinski definition) is 0. The van der Waals surface area contributed by atoms with E-state index in [1.54, 1.807) is 65.7 Å². The van der Waals surface area contributed by atoms with Crippen LogP contribution in [0.5, 0.6) is 5.75 Å². The van der Waals surface area contributed by atoms with Crippen molar-refractivity contribution in [1.29, 1.82) is 0 Å². The maximum Gasteiger partial charge on any atom is 0.240 e. The van der Waals surface area contributed by atoms with Crippen LogP contribution in [0.1, 0.15) is 20.7 Å². The molecule has 200 valence electrons. The molecule has 0 saturated carbocycles. The fraction of sp³-hybridized carbons (Fsp3) is 0.161. The minimum absolute atomic E-state index is 0.228. The van der Waals surface area contributed by atoms with Gasteiger partial charge in [0.05, 0.1) is 35.1 Å². The summed E-state index contributed by atoms with van der Waals surface area (Å²) in [5.74, 6) is -3.51. The van der Waals surface area contributed by atoms with Crippen molar-refractivity contribution in [2.24, 2.45) is 11.8 Å². The molecule has 2 fully saturated rings. The molecule has 0 unspecified atom stereocenters. The Morgan fingerprint density at radius 3 is 2.27 bits per heavy atom. The van der Waals surface area contributed by atoms with Gasteiger partial charge in [-0.2, -0.15) is 0 Å². The lowest BCUT2D eigenvalue weighted by atomic mass is 9.85. The van der Waals surface area contributed by atoms with E-state index >= 15 is 0 Å². The molecule has 6 rings (SSSR count). The molecule has 2 saturated heterocycles. The lowest BCUT2D eigenvalue weighted by molar-refractivity contribution is -0.123. The van der Waals surface area contributed by atoms with Crippen LogP contribution in [0.4, 0.5) is 10.1 Å². The van der Waals surface area contributed by atoms with Crippen LogP contribution >= 0.6 is 15.9 Å². The van der Waals surface area contributed by atoms with E-state index in [1.807, 2.05) is 6.07 Å². The summed E-state index contributed by atoms with van der Waals surface area (Å²) in [6.07, 6.45) is 4.91. The predicted molar refractivity (Wildman–Crippen MR) is 148 cm³/mol. The Balaban J connectivity index is 1.43. The number of anilines is 1. The zero-order chi connectivity index (χ0) is 28.1. The molecule has 40 heavy (non-hydrogen) atoms. The topological polar surface area (TPSA) is 84.0 Å². The van der Waals surface area contributed by atoms with Crippen LogP contribution in [0, 0.1) is 17.7 Å². The van der Waals surface area contributed by atoms with Gasteiger partial charge < -0.3 is 9.64 Å². The molecule has 0 aromatic heterocycles. The highest BCUT2D eigenvalue weighted by Crippen LogP contribution is 2.47. The number of ketones is 2. The number of imide groups is 1. The monoisotopic (exact) mass is 600 g/mol. The molecule has 0 N–H and O–H groups in total. The van der Waals surface area contributed by atoms with E-state index in [2.05, 4.69) is 15.9 Å². The maximum absolute atomic E-state index is 14.0. The Kier molecular flexibility index (Phi) is 6.46. The number of Topliss-reactive ketones (excluding diaryl/α,β-unsaturated/α-hetero) is 2. The molecule has 7 nitrogen and oxygen atoms in total. The number of allylic oxidation sites excluding steroid dienone is 2. The maximum atomic E-state index is 14.0. The molecular formula is C31H22BrFN2O5. The lowest BCUT2D eigenvalue weighted by Crippen LogP contribution is -2.46. The van der Waals surface area contributed by atoms with Crippen LogP contribution in [-0.2, 0) is 9.59 Å². The molecule has 4 atom stereocenters. The summed E-state index contributed by atoms with van der Waals surface area (Å²) in [5, 5.41) is 0. The molecule has 0 radical (unpaired) electrons. The van der Waals surface area contributed by atoms with Gasteiger partial charge in [-0.15, -0.1) is 0 Å². The van der Waals surface area contributed by atoms with Crippen LogP contribution in [-0.4, -0.2) is 47.5 Å². The van der Waals surface area contributed by atoms with Crippen LogP contribution in [0.25, 0.3) is 0 Å². The van der Waals surface area contributed by atoms with E-state index in [4.69, 9.17) is 4.74 Å². The summed E-state index contributed by atoms with van der Waals surface area (Å²) in [6.45, 7) is 0. The van der Waals surface area contributed by atoms with Crippen LogP contribution in [0.2, 0.25) is 0 Å². The van der Waals surface area contributed by atoms with Gasteiger partial charge >= 0.3 is 0 Å². The molecule has 0 aliphatic carbocycles. The van der Waals surface area contributed by atoms with E-state index in [0.717, 1.165) is 4.90 Å². The van der Waals surface area contributed by atoms with Gasteiger partial charge in [-0.3, -0.25) is 19.2 Å². The molecule has 3 heterocycles. The average molecular weight is 601 g/mol. The average Bonchev–Trinajstić information content (AvgIpc) is 3.44. The number of ether oxygens (including phenoxy) is 1. The Hall–Kier alpha value is -4.37. The molecule has 2 amide bonds. The number of hydrogen-bond acceptors (Lipinski definition) is 6. The summed E-state index contributed by atoms with van der Waals surface area (Å²) in [5.41, 5.74) is 1.42. The van der Waals surface area contributed by atoms with E-state index < -0.39 is 41.6 Å². The van der Waals surface area contributed by atoms with Crippen molar-refractivity contribution in [2.75, 3.05) is 12.0 Å². The summed E-state index contributed by atoms with van der Waals surface area (Å²) in [6, 6.07) is 17.0. The van der Waals surface area contributed by atoms with Crippen LogP contribution < -0.4 is 9.64 Å². The standard InChI is InChI=1S/C31H22BrFN2O5/c1-40-24-12-7-18(15-22(24)32)29(37)27-26-25(30(38)35(31(26)39)21-10-8-20(33)9-11-21)23-16-19(13-14-34(23)27)28(36)17-5-3-2-4-6-17/h2-16,23,25-27H,1H3/t23-,25-,26+,27-/m0/s1. The van der Waals surface area contributed by atoms with Gasteiger partial charge in [0.2, 0.25) is 11.8 Å². The Bertz CT molecular complexity index is 1620. The summed E-state index contributed by atoms with van der Waals surface area (Å²) < 4.78 is 19.5. The number of methoxy groups -OCH3 is 1. The van der Waals surface area contributed by atoms with E-state index in [9.17, 15) is 23.6 Å². The summed E-state index contributed by atoms with van der Waals surface area (Å²) >= 11 is 3.41. The second-order valence-electron chi connectivity index (χ2n) is 9.77. The van der Waals surface area contributed by atoms with Gasteiger partial charge in [0, 0.05) is 22.9 Å². The first-order valence-electron chi connectivity index (χ1n) is 12.6. The first kappa shape index (κ1) is 25.9. The zero-order valence-corrected chi connectivity index (χ0v) is 22.7. The Morgan fingerprint density at radius 2 is 1.60 bits per heavy atom. The SMILES string of the molecule is COc1ccc(C(=O)[C@@H]2[C@@H]3C(=O)N(c4ccc(F)cc4)C(=O)[C@H]3[C@@H]3C=C(C(=O)c4ccccc4)C=CN23)cc1Br. The molecule has 0 spiro atoms. The van der Waals surface area contributed by atoms with E-state index in [-0.39, 0.29) is 17.3 Å². The number of amides is 2. The summed E-state index contributed by atoms with van der Waals surface area (Å²) in [4.78, 5) is 57.7. The molecule has 3 aromatic rings. The zero-order valence-electron chi connectivity index (χ0n) is 21.2. The van der Waals surface area contributed by atoms with Crippen molar-refractivity contribution >= 4 is 45.0 Å². The highest BCUT2D eigenvalue weighted by Gasteiger charge is 2.63. The van der Waals surface area contributed by atoms with Crippen molar-refractivity contribution in [3.63, 3.8) is 0 Å². The third kappa shape index (κ3) is 4.08. The third-order valence-electron chi connectivity index (χ3n) is 7.64. The first-order valence-corrected chi connectivity index (χ1v) is 13.4. The fourth-order valence-electron chi connectivity index (χ4n) is 5.79. The molecule has 3 aliphatic rings. The Morgan fingerprint density at radius 1 is 0.900 bits per heavy atom. The predicted octanol–water partition coefficient (Wildman–Crippen LogP) is 4.97. The number of halogens is 2. The quantitative estimate of drug-likeness (QED) is 0.293. The largest absolute Gasteiger partial charge is 0.496 e. The van der Waals surface area contributed by atoms with Gasteiger partial charge in [-0.05, 0) is 64.5 Å². The van der Waals surface area contributed by atoms with Crippen molar-refractivity contribution < 1.29 is 28.3 Å². The second kappa shape index (κ2) is 9.98. The van der Waals surface area contributed by atoms with Crippen molar-refractivity contribution in [1.82, 2.24) is 4.90 Å². The van der Waals surface area contributed by atoms with E-state index in [1.165, 1.54) is 31.4 Å². The number of carbonyl (C=O) groups excluding carboxylic acids is 4. The van der Waals surface area contributed by atoms with Crippen LogP contribution in [0.3, 0.4) is 0 Å². The molecule has 9 heteroatoms. The summed E-state index contributed by atoms with van der Waals surface area (Å²) in [7, 11) is 1.51. The van der Waals surface area contributed by atoms with Crippen LogP contribution in [0.15, 0.2) is 101 Å². The third-order valence-corrected chi connectivity index (χ3v) is 8.26. The van der Waals surface area contributed by atoms with Gasteiger partial charge in [0.1, 0.15) is 17.6 Å². The number of fused-ring (bicyclic) bond motifs is 3. The van der Waals surface area contributed by atoms with Crippen molar-refractivity contribution in [3.8, 4) is 5.75 Å². The number of benzene rings is 3. The normalized spacial score (nSPS) is 23.1. The number of carbonyl (C=O) groups is 4. The van der Waals surface area contributed by atoms with Gasteiger partial charge in [-0.1, -0.05) is 36.4 Å². The number of nitrogens with zero attached hydrogens (tertiary/aromatic N) is 2. The minimum atomic E-state index is -1.01. The number of rotatable bonds is 6. The molecule has 3 aliphatic heterocycles. The van der Waals surface area contributed by atoms with Gasteiger partial charge in [-0.25, -0.2) is 9.29 Å². The lowest BCUT2D eigenvalue weighted by Gasteiger charge is -2.33. The minimum Gasteiger partial charge on any atom is -0.496 e. The molecule has 0 bridgehead atoms. The highest BCUT2D eigenvalue weighted by atomic mass is 79.9. The van der Waals surface area contributed by atoms with Crippen molar-refractivity contribution in [3.05, 3.63) is 118 Å². The highest BCUT2D eigenvalue weighted by molar-refractivity contribution is 9.10. The second-order valence-corrected chi connectivity index (χ2v) is 10.6. The smallest absolute Gasteiger partial charge is 0.240 e. The van der Waals surface area contributed by atoms with Gasteiger partial charge in [0.15, 0.2) is 11.6 Å². The van der Waals surface area contributed by atoms with Crippen molar-refractivity contribution in [2.45, 2.75) is 12.1 Å². The van der Waals surface area contributed by atoms with Gasteiger partial charge in [0.25, 0.3) is 0 Å². The molecule has 3 aromatic carbocycles. The molecular weight excluding hydrogens is 579 g/mol.